The Labute approximate surface area is 142 Å². The van der Waals surface area contributed by atoms with Gasteiger partial charge in [-0.15, -0.1) is 0 Å². The van der Waals surface area contributed by atoms with Crippen LogP contribution in [0.2, 0.25) is 5.02 Å². The van der Waals surface area contributed by atoms with Crippen molar-refractivity contribution in [1.29, 1.82) is 0 Å². The van der Waals surface area contributed by atoms with Crippen molar-refractivity contribution < 1.29 is 14.4 Å². The third-order valence-corrected chi connectivity index (χ3v) is 4.15. The maximum Gasteiger partial charge on any atom is 0.261 e. The highest BCUT2D eigenvalue weighted by molar-refractivity contribution is 6.63. The zero-order chi connectivity index (χ0) is 16.6. The van der Waals surface area contributed by atoms with Crippen LogP contribution in [0, 0.1) is 0 Å². The van der Waals surface area contributed by atoms with Crippen molar-refractivity contribution in [3.8, 4) is 0 Å². The molecule has 4 nitrogen and oxygen atoms in total. The lowest BCUT2D eigenvalue weighted by Crippen LogP contribution is -2.29. The van der Waals surface area contributed by atoms with Crippen LogP contribution < -0.4 is 0 Å². The van der Waals surface area contributed by atoms with Crippen LogP contribution in [0.4, 0.5) is 0 Å². The normalized spacial score (nSPS) is 13.4. The van der Waals surface area contributed by atoms with Crippen molar-refractivity contribution in [2.45, 2.75) is 13.0 Å². The number of fused-ring (bicyclic) bond motifs is 1. The molecule has 0 spiro atoms. The fraction of sp³-hybridized carbons (Fsp3) is 0.118. The number of carbonyl (C=O) groups is 3. The highest BCUT2D eigenvalue weighted by Gasteiger charge is 2.35. The van der Waals surface area contributed by atoms with Gasteiger partial charge in [0.15, 0.2) is 0 Å². The number of benzene rings is 2. The van der Waals surface area contributed by atoms with Crippen LogP contribution in [0.25, 0.3) is 0 Å². The Morgan fingerprint density at radius 1 is 1.00 bits per heavy atom. The number of hydrogen-bond acceptors (Lipinski definition) is 3. The Morgan fingerprint density at radius 3 is 2.13 bits per heavy atom. The Hall–Kier alpha value is -2.17. The lowest BCUT2D eigenvalue weighted by Gasteiger charge is -2.15. The van der Waals surface area contributed by atoms with E-state index >= 15 is 0 Å². The van der Waals surface area contributed by atoms with E-state index in [9.17, 15) is 14.4 Å². The summed E-state index contributed by atoms with van der Waals surface area (Å²) >= 11 is 11.5. The molecule has 2 aromatic rings. The molecule has 2 amide bonds. The summed E-state index contributed by atoms with van der Waals surface area (Å²) in [5, 5.41) is -0.0915. The Balaban J connectivity index is 1.85. The van der Waals surface area contributed by atoms with Crippen molar-refractivity contribution >= 4 is 40.3 Å². The summed E-state index contributed by atoms with van der Waals surface area (Å²) < 4.78 is 0. The average molecular weight is 348 g/mol. The number of amides is 2. The SMILES string of the molecule is O=C(Cl)Cc1ccc(CN2C(=O)c3ccccc3C2=O)c(Cl)c1. The minimum Gasteiger partial charge on any atom is -0.281 e. The van der Waals surface area contributed by atoms with E-state index in [1.807, 2.05) is 0 Å². The maximum absolute atomic E-state index is 12.3. The number of carbonyl (C=O) groups excluding carboxylic acids is 3. The molecule has 0 atom stereocenters. The first-order chi connectivity index (χ1) is 11.0. The maximum atomic E-state index is 12.3. The Morgan fingerprint density at radius 2 is 1.61 bits per heavy atom. The molecular formula is C17H11Cl2NO3. The van der Waals surface area contributed by atoms with Gasteiger partial charge in [-0.1, -0.05) is 35.9 Å². The van der Waals surface area contributed by atoms with Crippen LogP contribution in [0.5, 0.6) is 0 Å². The van der Waals surface area contributed by atoms with Gasteiger partial charge in [-0.3, -0.25) is 19.3 Å². The van der Waals surface area contributed by atoms with Crippen molar-refractivity contribution in [3.05, 3.63) is 69.7 Å². The zero-order valence-electron chi connectivity index (χ0n) is 11.9. The lowest BCUT2D eigenvalue weighted by atomic mass is 10.1. The second-order valence-corrected chi connectivity index (χ2v) is 6.03. The molecule has 6 heteroatoms. The van der Waals surface area contributed by atoms with Gasteiger partial charge in [0.05, 0.1) is 17.7 Å². The standard InChI is InChI=1S/C17H11Cl2NO3/c18-14-7-10(8-15(19)21)5-6-11(14)9-20-16(22)12-3-1-2-4-13(12)17(20)23/h1-7H,8-9H2. The van der Waals surface area contributed by atoms with Gasteiger partial charge in [0.1, 0.15) is 0 Å². The quantitative estimate of drug-likeness (QED) is 0.628. The van der Waals surface area contributed by atoms with Gasteiger partial charge in [-0.25, -0.2) is 0 Å². The van der Waals surface area contributed by atoms with Crippen LogP contribution >= 0.6 is 23.2 Å². The van der Waals surface area contributed by atoms with Crippen LogP contribution in [-0.4, -0.2) is 22.0 Å². The number of rotatable bonds is 4. The summed E-state index contributed by atoms with van der Waals surface area (Å²) in [5.74, 6) is -0.664. The number of hydrogen-bond donors (Lipinski definition) is 0. The molecule has 0 N–H and O–H groups in total. The van der Waals surface area contributed by atoms with E-state index in [-0.39, 0.29) is 24.8 Å². The van der Waals surface area contributed by atoms with Crippen LogP contribution in [0.3, 0.4) is 0 Å². The van der Waals surface area contributed by atoms with E-state index < -0.39 is 5.24 Å². The van der Waals surface area contributed by atoms with E-state index in [1.54, 1.807) is 42.5 Å². The molecule has 1 aliphatic heterocycles. The van der Waals surface area contributed by atoms with E-state index in [4.69, 9.17) is 23.2 Å². The van der Waals surface area contributed by atoms with Crippen LogP contribution in [0.1, 0.15) is 31.8 Å². The minimum absolute atomic E-state index is 0.0779. The lowest BCUT2D eigenvalue weighted by molar-refractivity contribution is -0.111. The molecule has 0 unspecified atom stereocenters. The highest BCUT2D eigenvalue weighted by atomic mass is 35.5. The van der Waals surface area contributed by atoms with Gasteiger partial charge in [0.2, 0.25) is 5.24 Å². The van der Waals surface area contributed by atoms with E-state index in [1.165, 1.54) is 0 Å². The monoisotopic (exact) mass is 347 g/mol. The topological polar surface area (TPSA) is 54.5 Å². The Kier molecular flexibility index (Phi) is 4.20. The largest absolute Gasteiger partial charge is 0.281 e. The van der Waals surface area contributed by atoms with E-state index in [2.05, 4.69) is 0 Å². The first-order valence-electron chi connectivity index (χ1n) is 6.88. The molecule has 23 heavy (non-hydrogen) atoms. The average Bonchev–Trinajstić information content (AvgIpc) is 2.75. The van der Waals surface area contributed by atoms with E-state index in [0.717, 1.165) is 4.90 Å². The predicted octanol–water partition coefficient (Wildman–Crippen LogP) is 3.44. The van der Waals surface area contributed by atoms with Gasteiger partial charge < -0.3 is 0 Å². The molecule has 0 aromatic heterocycles. The van der Waals surface area contributed by atoms with E-state index in [0.29, 0.717) is 27.3 Å². The molecule has 0 radical (unpaired) electrons. The van der Waals surface area contributed by atoms with Crippen molar-refractivity contribution in [3.63, 3.8) is 0 Å². The molecule has 0 fully saturated rings. The van der Waals surface area contributed by atoms with Gasteiger partial charge in [-0.2, -0.15) is 0 Å². The van der Waals surface area contributed by atoms with Gasteiger partial charge in [-0.05, 0) is 40.9 Å². The summed E-state index contributed by atoms with van der Waals surface area (Å²) in [6, 6.07) is 11.7. The summed E-state index contributed by atoms with van der Waals surface area (Å²) in [6.45, 7) is 0.0836. The molecule has 0 aliphatic carbocycles. The van der Waals surface area contributed by atoms with Crippen molar-refractivity contribution in [2.75, 3.05) is 0 Å². The fourth-order valence-corrected chi connectivity index (χ4v) is 2.96. The van der Waals surface area contributed by atoms with Crippen molar-refractivity contribution in [2.24, 2.45) is 0 Å². The summed E-state index contributed by atoms with van der Waals surface area (Å²) in [4.78, 5) is 36.8. The number of imide groups is 1. The molecule has 0 bridgehead atoms. The second-order valence-electron chi connectivity index (χ2n) is 5.20. The molecule has 1 heterocycles. The smallest absolute Gasteiger partial charge is 0.261 e. The fourth-order valence-electron chi connectivity index (χ4n) is 2.54. The molecule has 116 valence electrons. The Bertz CT molecular complexity index is 797. The van der Waals surface area contributed by atoms with Gasteiger partial charge in [0.25, 0.3) is 11.8 Å². The molecular weight excluding hydrogens is 337 g/mol. The molecule has 0 saturated carbocycles. The third-order valence-electron chi connectivity index (χ3n) is 3.67. The first-order valence-corrected chi connectivity index (χ1v) is 7.64. The highest BCUT2D eigenvalue weighted by Crippen LogP contribution is 2.27. The molecule has 2 aromatic carbocycles. The summed E-state index contributed by atoms with van der Waals surface area (Å²) in [5.41, 5.74) is 2.11. The third kappa shape index (κ3) is 3.00. The van der Waals surface area contributed by atoms with Gasteiger partial charge >= 0.3 is 0 Å². The number of halogens is 2. The first kappa shape index (κ1) is 15.7. The van der Waals surface area contributed by atoms with Gasteiger partial charge in [0, 0.05) is 11.4 Å². The van der Waals surface area contributed by atoms with Crippen molar-refractivity contribution in [1.82, 2.24) is 4.90 Å². The second kappa shape index (κ2) is 6.14. The molecule has 1 aliphatic rings. The van der Waals surface area contributed by atoms with Crippen LogP contribution in [-0.2, 0) is 17.8 Å². The summed E-state index contributed by atoms with van der Waals surface area (Å²) in [7, 11) is 0. The van der Waals surface area contributed by atoms with Crippen LogP contribution in [0.15, 0.2) is 42.5 Å². The minimum atomic E-state index is -0.478. The molecule has 0 saturated heterocycles. The number of nitrogens with zero attached hydrogens (tertiary/aromatic N) is 1. The predicted molar refractivity (Wildman–Crippen MR) is 86.7 cm³/mol. The zero-order valence-corrected chi connectivity index (χ0v) is 13.4. The summed E-state index contributed by atoms with van der Waals surface area (Å²) in [6.07, 6.45) is 0.0779. The molecule has 3 rings (SSSR count).